The van der Waals surface area contributed by atoms with Crippen molar-refractivity contribution < 1.29 is 140 Å². The summed E-state index contributed by atoms with van der Waals surface area (Å²) in [6.45, 7) is 1.70. The van der Waals surface area contributed by atoms with E-state index >= 15 is 0 Å². The van der Waals surface area contributed by atoms with Gasteiger partial charge >= 0.3 is 88.7 Å². The Balaban J connectivity index is 0.00000216. The van der Waals surface area contributed by atoms with Crippen LogP contribution in [-0.4, -0.2) is 51.1 Å². The Morgan fingerprint density at radius 2 is 1.50 bits per heavy atom. The maximum atomic E-state index is 11.4. The van der Waals surface area contributed by atoms with Crippen molar-refractivity contribution >= 4 is 31.2 Å². The molecular weight excluding hydrogens is 573 g/mol. The van der Waals surface area contributed by atoms with E-state index in [1.54, 1.807) is 13.0 Å². The number of aryl methyl sites for hydroxylation is 1. The molecule has 3 aliphatic carbocycles. The molecule has 0 unspecified atom stereocenters. The molecule has 0 heterocycles. The van der Waals surface area contributed by atoms with E-state index < -0.39 is 48.8 Å². The minimum Gasteiger partial charge on any atom is -0.726 e. The summed E-state index contributed by atoms with van der Waals surface area (Å²) < 4.78 is 114. The van der Waals surface area contributed by atoms with Gasteiger partial charge in [0, 0.05) is 5.41 Å². The zero-order chi connectivity index (χ0) is 24.4. The van der Waals surface area contributed by atoms with Crippen molar-refractivity contribution in [2.24, 2.45) is 17.3 Å². The molecule has 1 aromatic rings. The van der Waals surface area contributed by atoms with Crippen molar-refractivity contribution in [1.29, 1.82) is 0 Å². The van der Waals surface area contributed by atoms with Crippen molar-refractivity contribution in [3.05, 3.63) is 29.3 Å². The molecule has 0 amide bonds. The van der Waals surface area contributed by atoms with Gasteiger partial charge in [0.2, 0.25) is 20.8 Å². The molecule has 186 valence electrons. The second-order valence-corrected chi connectivity index (χ2v) is 12.0. The fourth-order valence-corrected chi connectivity index (χ4v) is 7.63. The molecule has 0 spiro atoms. The fourth-order valence-electron chi connectivity index (χ4n) is 6.21. The van der Waals surface area contributed by atoms with Crippen LogP contribution < -0.4 is 92.9 Å². The van der Waals surface area contributed by atoms with Crippen LogP contribution in [0.4, 0.5) is 0 Å². The third-order valence-electron chi connectivity index (χ3n) is 7.27. The van der Waals surface area contributed by atoms with Crippen LogP contribution in [0.2, 0.25) is 0 Å². The van der Waals surface area contributed by atoms with Crippen LogP contribution in [0.5, 0.6) is 5.75 Å². The Hall–Kier alpha value is 1.67. The summed E-state index contributed by atoms with van der Waals surface area (Å²) in [5.41, 5.74) is 0.799. The first-order chi connectivity index (χ1) is 15.1. The summed E-state index contributed by atoms with van der Waals surface area (Å²) in [4.78, 5) is 0. The molecule has 0 bridgehead atoms. The molecule has 18 heteroatoms. The third kappa shape index (κ3) is 8.12. The largest absolute Gasteiger partial charge is 1.00 e. The molecule has 4 rings (SSSR count). The van der Waals surface area contributed by atoms with Gasteiger partial charge in [0.15, 0.2) is 0 Å². The normalized spacial score (nSPS) is 31.4. The molecular formula is C18H21Na3O12S3. The number of hydrogen-bond acceptors (Lipinski definition) is 12. The quantitative estimate of drug-likeness (QED) is 0.171. The Morgan fingerprint density at radius 1 is 0.889 bits per heavy atom. The molecule has 0 aliphatic heterocycles. The summed E-state index contributed by atoms with van der Waals surface area (Å²) in [5.74, 6) is -0.487. The van der Waals surface area contributed by atoms with Crippen LogP contribution in [0.15, 0.2) is 18.2 Å². The number of fused-ring (bicyclic) bond motifs is 5. The minimum absolute atomic E-state index is 0. The van der Waals surface area contributed by atoms with Gasteiger partial charge in [-0.15, -0.1) is 0 Å². The zero-order valence-electron chi connectivity index (χ0n) is 20.3. The van der Waals surface area contributed by atoms with Crippen molar-refractivity contribution in [1.82, 2.24) is 0 Å². The Morgan fingerprint density at radius 3 is 2.06 bits per heavy atom. The van der Waals surface area contributed by atoms with Gasteiger partial charge in [-0.25, -0.2) is 25.3 Å². The van der Waals surface area contributed by atoms with E-state index in [-0.39, 0.29) is 119 Å². The Bertz CT molecular complexity index is 1270. The van der Waals surface area contributed by atoms with Crippen LogP contribution in [-0.2, 0) is 46.0 Å². The van der Waals surface area contributed by atoms with E-state index in [1.807, 2.05) is 0 Å². The van der Waals surface area contributed by atoms with E-state index in [2.05, 4.69) is 8.37 Å². The third-order valence-corrected chi connectivity index (χ3v) is 8.59. The first-order valence-corrected chi connectivity index (χ1v) is 14.1. The molecule has 36 heavy (non-hydrogen) atoms. The maximum Gasteiger partial charge on any atom is 1.00 e. The van der Waals surface area contributed by atoms with E-state index in [4.69, 9.17) is 4.18 Å². The summed E-state index contributed by atoms with van der Waals surface area (Å²) in [6.07, 6.45) is -0.831. The molecule has 1 aromatic carbocycles. The summed E-state index contributed by atoms with van der Waals surface area (Å²) in [7, 11) is -15.3. The van der Waals surface area contributed by atoms with Crippen molar-refractivity contribution in [2.75, 3.05) is 0 Å². The minimum atomic E-state index is -5.20. The molecule has 2 fully saturated rings. The van der Waals surface area contributed by atoms with E-state index in [9.17, 15) is 38.9 Å². The predicted octanol–water partition coefficient (Wildman–Crippen LogP) is -8.31. The maximum absolute atomic E-state index is 11.4. The second kappa shape index (κ2) is 12.7. The monoisotopic (exact) mass is 594 g/mol. The van der Waals surface area contributed by atoms with E-state index in [1.165, 1.54) is 12.1 Å². The van der Waals surface area contributed by atoms with Gasteiger partial charge in [0.1, 0.15) is 18.0 Å². The standard InChI is InChI=1S/C18H24O12S3.3Na/c1-18-7-6-13-12-5-3-11(28-31(19,20)21)8-10(12)2-4-14(13)15(18)9-16(29-32(22,23)24)17(18)30-33(25,26)27;;;/h3,5,8,13-17H,2,4,6-7,9H2,1H3,(H,19,20,21)(H,22,23,24)(H,25,26,27);;;/q;3*+1/p-3/t13-,14+,15+,16-,17-,18+;;;/m1.../s1. The van der Waals surface area contributed by atoms with E-state index in [0.717, 1.165) is 11.1 Å². The van der Waals surface area contributed by atoms with Gasteiger partial charge in [-0.1, -0.05) is 13.0 Å². The predicted molar refractivity (Wildman–Crippen MR) is 106 cm³/mol. The number of rotatable bonds is 6. The molecule has 6 atom stereocenters. The molecule has 0 N–H and O–H groups in total. The van der Waals surface area contributed by atoms with Crippen molar-refractivity contribution in [2.45, 2.75) is 57.2 Å². The van der Waals surface area contributed by atoms with Gasteiger partial charge in [-0.05, 0) is 73.1 Å². The van der Waals surface area contributed by atoms with Crippen molar-refractivity contribution in [3.63, 3.8) is 0 Å². The zero-order valence-corrected chi connectivity index (χ0v) is 28.7. The number of benzene rings is 1. The second-order valence-electron chi connectivity index (χ2n) is 9.02. The molecule has 0 radical (unpaired) electrons. The van der Waals surface area contributed by atoms with Crippen LogP contribution in [0.3, 0.4) is 0 Å². The first kappa shape index (κ1) is 35.7. The van der Waals surface area contributed by atoms with Crippen LogP contribution in [0.1, 0.15) is 49.7 Å². The molecule has 12 nitrogen and oxygen atoms in total. The van der Waals surface area contributed by atoms with Crippen LogP contribution >= 0.6 is 0 Å². The van der Waals surface area contributed by atoms with Gasteiger partial charge in [-0.3, -0.25) is 8.37 Å². The molecule has 0 aromatic heterocycles. The molecule has 3 aliphatic rings. The fraction of sp³-hybridized carbons (Fsp3) is 0.667. The van der Waals surface area contributed by atoms with Crippen LogP contribution in [0, 0.1) is 17.3 Å². The molecule has 0 saturated heterocycles. The van der Waals surface area contributed by atoms with Crippen molar-refractivity contribution in [3.8, 4) is 5.75 Å². The van der Waals surface area contributed by atoms with Gasteiger partial charge < -0.3 is 17.8 Å². The average Bonchev–Trinajstić information content (AvgIpc) is 2.89. The summed E-state index contributed by atoms with van der Waals surface area (Å²) in [5, 5.41) is 0. The summed E-state index contributed by atoms with van der Waals surface area (Å²) >= 11 is 0. The SMILES string of the molecule is C[C@]12CC[C@@H]3c4ccc(OS(=O)(=O)[O-])cc4CC[C@@H]3[C@@H]1C[C@@H](OS(=O)(=O)[O-])[C@H]2OS(=O)(=O)[O-].[Na+].[Na+].[Na+]. The number of hydrogen-bond donors (Lipinski definition) is 0. The molecule has 2 saturated carbocycles. The average molecular weight is 595 g/mol. The van der Waals surface area contributed by atoms with Crippen LogP contribution in [0.25, 0.3) is 0 Å². The first-order valence-electron chi connectivity index (χ1n) is 10.1. The van der Waals surface area contributed by atoms with Gasteiger partial charge in [0.25, 0.3) is 10.4 Å². The summed E-state index contributed by atoms with van der Waals surface area (Å²) in [6, 6.07) is 4.55. The van der Waals surface area contributed by atoms with Gasteiger partial charge in [0.05, 0.1) is 0 Å². The Kier molecular flexibility index (Phi) is 12.6. The smallest absolute Gasteiger partial charge is 0.726 e. The van der Waals surface area contributed by atoms with Gasteiger partial charge in [-0.2, -0.15) is 0 Å². The van der Waals surface area contributed by atoms with E-state index in [0.29, 0.717) is 25.7 Å². The topological polar surface area (TPSA) is 199 Å². The Labute approximate surface area is 277 Å².